The van der Waals surface area contributed by atoms with Gasteiger partial charge >= 0.3 is 6.03 Å². The Hall–Kier alpha value is -1.62. The van der Waals surface area contributed by atoms with Gasteiger partial charge in [0.2, 0.25) is 0 Å². The van der Waals surface area contributed by atoms with Crippen LogP contribution in [0, 0.1) is 5.82 Å². The molecule has 0 bridgehead atoms. The van der Waals surface area contributed by atoms with Gasteiger partial charge in [0.05, 0.1) is 12.1 Å². The van der Waals surface area contributed by atoms with E-state index in [0.717, 1.165) is 19.4 Å². The van der Waals surface area contributed by atoms with E-state index < -0.39 is 0 Å². The van der Waals surface area contributed by atoms with Crippen molar-refractivity contribution in [3.05, 3.63) is 30.1 Å². The van der Waals surface area contributed by atoms with Crippen molar-refractivity contribution in [2.75, 3.05) is 11.9 Å². The zero-order chi connectivity index (χ0) is 13.0. The quantitative estimate of drug-likeness (QED) is 0.868. The Kier molecular flexibility index (Phi) is 4.15. The average Bonchev–Trinajstić information content (AvgIpc) is 2.85. The molecule has 4 nitrogen and oxygen atoms in total. The van der Waals surface area contributed by atoms with Gasteiger partial charge in [-0.1, -0.05) is 0 Å². The number of amides is 2. The van der Waals surface area contributed by atoms with Crippen LogP contribution in [0.25, 0.3) is 0 Å². The standard InChI is InChI=1S/C13H17FN2O2/c1-9(12-3-2-8-18-12)15-13(17)16-11-6-4-10(14)5-7-11/h4-7,9,12H,2-3,8H2,1H3,(H2,15,16,17)/t9-,12-/m1/s1. The number of ether oxygens (including phenoxy) is 1. The number of hydrogen-bond donors (Lipinski definition) is 2. The number of urea groups is 1. The lowest BCUT2D eigenvalue weighted by Crippen LogP contribution is -2.42. The number of carbonyl (C=O) groups is 1. The largest absolute Gasteiger partial charge is 0.376 e. The summed E-state index contributed by atoms with van der Waals surface area (Å²) in [5, 5.41) is 5.47. The molecule has 1 fully saturated rings. The summed E-state index contributed by atoms with van der Waals surface area (Å²) < 4.78 is 18.2. The van der Waals surface area contributed by atoms with Gasteiger partial charge in [-0.3, -0.25) is 0 Å². The predicted octanol–water partition coefficient (Wildman–Crippen LogP) is 2.51. The fraction of sp³-hybridized carbons (Fsp3) is 0.462. The maximum absolute atomic E-state index is 12.7. The molecule has 1 saturated heterocycles. The highest BCUT2D eigenvalue weighted by atomic mass is 19.1. The summed E-state index contributed by atoms with van der Waals surface area (Å²) in [6, 6.07) is 5.31. The molecule has 0 aliphatic carbocycles. The molecule has 1 aliphatic rings. The van der Waals surface area contributed by atoms with Crippen LogP contribution < -0.4 is 10.6 Å². The minimum atomic E-state index is -0.325. The highest BCUT2D eigenvalue weighted by Crippen LogP contribution is 2.15. The minimum absolute atomic E-state index is 0.0343. The van der Waals surface area contributed by atoms with E-state index in [1.165, 1.54) is 24.3 Å². The van der Waals surface area contributed by atoms with Gasteiger partial charge in [0.25, 0.3) is 0 Å². The van der Waals surface area contributed by atoms with Gasteiger partial charge < -0.3 is 15.4 Å². The van der Waals surface area contributed by atoms with Crippen molar-refractivity contribution in [3.8, 4) is 0 Å². The van der Waals surface area contributed by atoms with Gasteiger partial charge in [0, 0.05) is 12.3 Å². The van der Waals surface area contributed by atoms with E-state index >= 15 is 0 Å². The Morgan fingerprint density at radius 2 is 2.17 bits per heavy atom. The third-order valence-electron chi connectivity index (χ3n) is 2.98. The maximum Gasteiger partial charge on any atom is 0.319 e. The smallest absolute Gasteiger partial charge is 0.319 e. The van der Waals surface area contributed by atoms with Crippen molar-refractivity contribution in [1.29, 1.82) is 0 Å². The molecule has 98 valence electrons. The maximum atomic E-state index is 12.7. The molecule has 0 unspecified atom stereocenters. The summed E-state index contributed by atoms with van der Waals surface area (Å²) in [4.78, 5) is 11.7. The summed E-state index contributed by atoms with van der Waals surface area (Å²) in [6.45, 7) is 2.68. The first-order chi connectivity index (χ1) is 8.65. The van der Waals surface area contributed by atoms with Gasteiger partial charge in [0.1, 0.15) is 5.82 Å². The summed E-state index contributed by atoms with van der Waals surface area (Å²) in [7, 11) is 0. The summed E-state index contributed by atoms with van der Waals surface area (Å²) in [6.07, 6.45) is 2.10. The van der Waals surface area contributed by atoms with Gasteiger partial charge in [-0.05, 0) is 44.0 Å². The molecular weight excluding hydrogens is 235 g/mol. The second-order valence-electron chi connectivity index (χ2n) is 4.45. The van der Waals surface area contributed by atoms with Crippen molar-refractivity contribution < 1.29 is 13.9 Å². The van der Waals surface area contributed by atoms with Crippen molar-refractivity contribution >= 4 is 11.7 Å². The van der Waals surface area contributed by atoms with Crippen molar-refractivity contribution in [2.45, 2.75) is 31.9 Å². The van der Waals surface area contributed by atoms with Crippen LogP contribution >= 0.6 is 0 Å². The zero-order valence-electron chi connectivity index (χ0n) is 10.3. The average molecular weight is 252 g/mol. The van der Waals surface area contributed by atoms with E-state index in [-0.39, 0.29) is 24.0 Å². The van der Waals surface area contributed by atoms with E-state index in [0.29, 0.717) is 5.69 Å². The van der Waals surface area contributed by atoms with Crippen LogP contribution in [0.5, 0.6) is 0 Å². The van der Waals surface area contributed by atoms with Crippen LogP contribution in [-0.2, 0) is 4.74 Å². The molecule has 5 heteroatoms. The van der Waals surface area contributed by atoms with E-state index in [1.807, 2.05) is 6.92 Å². The van der Waals surface area contributed by atoms with Crippen LogP contribution in [0.3, 0.4) is 0 Å². The molecule has 2 amide bonds. The second kappa shape index (κ2) is 5.82. The highest BCUT2D eigenvalue weighted by Gasteiger charge is 2.23. The summed E-state index contributed by atoms with van der Waals surface area (Å²) in [5.74, 6) is -0.325. The first kappa shape index (κ1) is 12.8. The van der Waals surface area contributed by atoms with Gasteiger partial charge in [-0.2, -0.15) is 0 Å². The van der Waals surface area contributed by atoms with Crippen LogP contribution in [0.1, 0.15) is 19.8 Å². The Bertz CT molecular complexity index is 402. The lowest BCUT2D eigenvalue weighted by molar-refractivity contribution is 0.0868. The fourth-order valence-corrected chi connectivity index (χ4v) is 2.00. The first-order valence-corrected chi connectivity index (χ1v) is 6.10. The third kappa shape index (κ3) is 3.43. The fourth-order valence-electron chi connectivity index (χ4n) is 2.00. The molecular formula is C13H17FN2O2. The molecule has 2 atom stereocenters. The molecule has 0 radical (unpaired) electrons. The third-order valence-corrected chi connectivity index (χ3v) is 2.98. The van der Waals surface area contributed by atoms with Crippen LogP contribution in [-0.4, -0.2) is 24.8 Å². The summed E-state index contributed by atoms with van der Waals surface area (Å²) >= 11 is 0. The number of carbonyl (C=O) groups excluding carboxylic acids is 1. The number of nitrogens with one attached hydrogen (secondary N) is 2. The number of hydrogen-bond acceptors (Lipinski definition) is 2. The molecule has 1 aromatic rings. The molecule has 1 heterocycles. The van der Waals surface area contributed by atoms with E-state index in [1.54, 1.807) is 0 Å². The number of benzene rings is 1. The molecule has 1 aromatic carbocycles. The molecule has 18 heavy (non-hydrogen) atoms. The van der Waals surface area contributed by atoms with Crippen LogP contribution in [0.2, 0.25) is 0 Å². The van der Waals surface area contributed by atoms with Crippen molar-refractivity contribution in [3.63, 3.8) is 0 Å². The lowest BCUT2D eigenvalue weighted by Gasteiger charge is -2.20. The van der Waals surface area contributed by atoms with Crippen LogP contribution in [0.4, 0.5) is 14.9 Å². The van der Waals surface area contributed by atoms with Gasteiger partial charge in [-0.15, -0.1) is 0 Å². The molecule has 2 rings (SSSR count). The summed E-state index contributed by atoms with van der Waals surface area (Å²) in [5.41, 5.74) is 0.563. The number of anilines is 1. The van der Waals surface area contributed by atoms with E-state index in [9.17, 15) is 9.18 Å². The Balaban J connectivity index is 1.82. The van der Waals surface area contributed by atoms with Crippen molar-refractivity contribution in [2.24, 2.45) is 0 Å². The Morgan fingerprint density at radius 1 is 1.44 bits per heavy atom. The number of halogens is 1. The minimum Gasteiger partial charge on any atom is -0.376 e. The molecule has 0 saturated carbocycles. The molecule has 1 aliphatic heterocycles. The van der Waals surface area contributed by atoms with Crippen molar-refractivity contribution in [1.82, 2.24) is 5.32 Å². The Labute approximate surface area is 106 Å². The molecule has 2 N–H and O–H groups in total. The van der Waals surface area contributed by atoms with Crippen LogP contribution in [0.15, 0.2) is 24.3 Å². The Morgan fingerprint density at radius 3 is 2.78 bits per heavy atom. The second-order valence-corrected chi connectivity index (χ2v) is 4.45. The monoisotopic (exact) mass is 252 g/mol. The van der Waals surface area contributed by atoms with Gasteiger partial charge in [-0.25, -0.2) is 9.18 Å². The number of rotatable bonds is 3. The van der Waals surface area contributed by atoms with E-state index in [4.69, 9.17) is 4.74 Å². The molecule has 0 aromatic heterocycles. The predicted molar refractivity (Wildman–Crippen MR) is 67.0 cm³/mol. The van der Waals surface area contributed by atoms with Gasteiger partial charge in [0.15, 0.2) is 0 Å². The SMILES string of the molecule is C[C@@H](NC(=O)Nc1ccc(F)cc1)[C@H]1CCCO1. The van der Waals surface area contributed by atoms with E-state index in [2.05, 4.69) is 10.6 Å². The topological polar surface area (TPSA) is 50.4 Å². The first-order valence-electron chi connectivity index (χ1n) is 6.10. The lowest BCUT2D eigenvalue weighted by atomic mass is 10.1. The highest BCUT2D eigenvalue weighted by molar-refractivity contribution is 5.89. The zero-order valence-corrected chi connectivity index (χ0v) is 10.3. The normalized spacial score (nSPS) is 20.4. The molecule has 0 spiro atoms.